The van der Waals surface area contributed by atoms with Crippen LogP contribution in [0.25, 0.3) is 0 Å². The fourth-order valence-electron chi connectivity index (χ4n) is 6.11. The maximum Gasteiger partial charge on any atom is 0.241 e. The Kier molecular flexibility index (Phi) is 9.41. The van der Waals surface area contributed by atoms with Gasteiger partial charge in [-0.2, -0.15) is 0 Å². The van der Waals surface area contributed by atoms with Crippen molar-refractivity contribution >= 4 is 46.7 Å². The lowest BCUT2D eigenvalue weighted by Crippen LogP contribution is -2.69. The van der Waals surface area contributed by atoms with Crippen molar-refractivity contribution in [3.05, 3.63) is 201 Å². The Balaban J connectivity index is 0.000000162. The molecule has 7 aromatic rings. The van der Waals surface area contributed by atoms with Gasteiger partial charge in [0.05, 0.1) is 6.33 Å². The number of imidazole rings is 1. The molecule has 0 bridgehead atoms. The molecule has 6 aromatic carbocycles. The first kappa shape index (κ1) is 28.9. The van der Waals surface area contributed by atoms with Crippen LogP contribution in [0.5, 0.6) is 0 Å². The molecule has 7 rings (SSSR count). The van der Waals surface area contributed by atoms with Crippen LogP contribution in [0.3, 0.4) is 0 Å². The molecule has 0 unspecified atom stereocenters. The van der Waals surface area contributed by atoms with Gasteiger partial charge in [0.1, 0.15) is 0 Å². The standard InChI is InChI=1S/C22H20N2Si.C18H15B/c1-4-10-20(11-5-1)25(19-24-17-16-23-18-24,21-12-6-2-7-13-21)22-14-8-3-9-15-22;1-4-10-16(11-5-1)19(17-12-6-2-7-13-17)18-14-8-3-9-15-18/h1-18H,19H2;1-15H. The van der Waals surface area contributed by atoms with Crippen LogP contribution in [0.4, 0.5) is 0 Å². The topological polar surface area (TPSA) is 17.8 Å². The monoisotopic (exact) mass is 582 g/mol. The van der Waals surface area contributed by atoms with Crippen LogP contribution in [0.1, 0.15) is 0 Å². The first-order valence-corrected chi connectivity index (χ1v) is 17.3. The lowest BCUT2D eigenvalue weighted by molar-refractivity contribution is 0.862. The van der Waals surface area contributed by atoms with E-state index in [2.05, 4.69) is 198 Å². The number of benzene rings is 6. The second-order valence-electron chi connectivity index (χ2n) is 10.9. The molecule has 212 valence electrons. The minimum absolute atomic E-state index is 0.309. The summed E-state index contributed by atoms with van der Waals surface area (Å²) in [6.45, 7) is 0.309. The number of hydrogen-bond donors (Lipinski definition) is 0. The van der Waals surface area contributed by atoms with Crippen LogP contribution in [0.2, 0.25) is 0 Å². The zero-order valence-corrected chi connectivity index (χ0v) is 25.7. The van der Waals surface area contributed by atoms with Crippen LogP contribution >= 0.6 is 0 Å². The molecule has 0 atom stereocenters. The molecule has 44 heavy (non-hydrogen) atoms. The first-order chi connectivity index (χ1) is 21.8. The lowest BCUT2D eigenvalue weighted by Gasteiger charge is -2.34. The average Bonchev–Trinajstić information content (AvgIpc) is 3.63. The van der Waals surface area contributed by atoms with E-state index in [0.717, 1.165) is 6.17 Å². The van der Waals surface area contributed by atoms with Crippen LogP contribution in [-0.2, 0) is 6.17 Å². The fraction of sp³-hybridized carbons (Fsp3) is 0.0250. The van der Waals surface area contributed by atoms with Crippen LogP contribution in [0.15, 0.2) is 201 Å². The summed E-state index contributed by atoms with van der Waals surface area (Å²) >= 11 is 0. The van der Waals surface area contributed by atoms with Crippen molar-refractivity contribution < 1.29 is 0 Å². The molecule has 0 aliphatic rings. The molecule has 1 heterocycles. The summed E-state index contributed by atoms with van der Waals surface area (Å²) in [5.74, 6) is 0. The van der Waals surface area contributed by atoms with E-state index in [1.807, 2.05) is 12.5 Å². The van der Waals surface area contributed by atoms with Crippen molar-refractivity contribution in [2.75, 3.05) is 0 Å². The number of hydrogen-bond acceptors (Lipinski definition) is 1. The second-order valence-corrected chi connectivity index (χ2v) is 14.8. The number of nitrogens with zero attached hydrogens (tertiary/aromatic N) is 2. The quantitative estimate of drug-likeness (QED) is 0.186. The molecule has 0 amide bonds. The Labute approximate surface area is 262 Å². The van der Waals surface area contributed by atoms with Gasteiger partial charge in [-0.3, -0.25) is 0 Å². The minimum Gasteiger partial charge on any atom is -0.339 e. The van der Waals surface area contributed by atoms with E-state index in [1.165, 1.54) is 31.9 Å². The van der Waals surface area contributed by atoms with E-state index in [0.29, 0.717) is 6.71 Å². The summed E-state index contributed by atoms with van der Waals surface area (Å²) < 4.78 is 2.22. The Hall–Kier alpha value is -5.19. The zero-order valence-electron chi connectivity index (χ0n) is 24.7. The molecule has 0 N–H and O–H groups in total. The van der Waals surface area contributed by atoms with Crippen LogP contribution < -0.4 is 31.9 Å². The third-order valence-corrected chi connectivity index (χ3v) is 13.0. The van der Waals surface area contributed by atoms with Gasteiger partial charge in [-0.15, -0.1) is 0 Å². The molecule has 0 fully saturated rings. The highest BCUT2D eigenvalue weighted by atomic mass is 28.3. The van der Waals surface area contributed by atoms with Crippen LogP contribution in [0, 0.1) is 0 Å². The molecule has 0 spiro atoms. The van der Waals surface area contributed by atoms with Gasteiger partial charge in [-0.25, -0.2) is 4.98 Å². The predicted molar refractivity (Wildman–Crippen MR) is 190 cm³/mol. The van der Waals surface area contributed by atoms with Crippen molar-refractivity contribution in [2.45, 2.75) is 6.17 Å². The third kappa shape index (κ3) is 6.56. The summed E-state index contributed by atoms with van der Waals surface area (Å²) in [6.07, 6.45) is 6.79. The lowest BCUT2D eigenvalue weighted by atomic mass is 9.37. The maximum atomic E-state index is 4.27. The van der Waals surface area contributed by atoms with Crippen molar-refractivity contribution in [2.24, 2.45) is 0 Å². The maximum absolute atomic E-state index is 4.27. The van der Waals surface area contributed by atoms with E-state index in [1.54, 1.807) is 0 Å². The molecule has 0 aliphatic heterocycles. The summed E-state index contributed by atoms with van der Waals surface area (Å²) in [5.41, 5.74) is 4.00. The second kappa shape index (κ2) is 14.3. The van der Waals surface area contributed by atoms with Crippen molar-refractivity contribution in [3.8, 4) is 0 Å². The summed E-state index contributed by atoms with van der Waals surface area (Å²) in [6, 6.07) is 64.9. The van der Waals surface area contributed by atoms with Gasteiger partial charge in [0.15, 0.2) is 8.07 Å². The van der Waals surface area contributed by atoms with E-state index in [4.69, 9.17) is 0 Å². The molecule has 1 aromatic heterocycles. The van der Waals surface area contributed by atoms with Gasteiger partial charge in [0.25, 0.3) is 0 Å². The third-order valence-electron chi connectivity index (χ3n) is 8.18. The number of aromatic nitrogens is 2. The molecule has 0 saturated heterocycles. The molecular weight excluding hydrogens is 547 g/mol. The highest BCUT2D eigenvalue weighted by molar-refractivity contribution is 7.10. The SMILES string of the molecule is c1ccc(B(c2ccccc2)c2ccccc2)cc1.c1ccc([Si](Cn2ccnc2)(c2ccccc2)c2ccccc2)cc1. The van der Waals surface area contributed by atoms with Crippen LogP contribution in [-0.4, -0.2) is 24.3 Å². The van der Waals surface area contributed by atoms with Gasteiger partial charge in [-0.1, -0.05) is 198 Å². The Morgan fingerprint density at radius 3 is 1.05 bits per heavy atom. The van der Waals surface area contributed by atoms with Gasteiger partial charge in [-0.05, 0) is 15.6 Å². The fourth-order valence-corrected chi connectivity index (χ4v) is 10.7. The normalized spacial score (nSPS) is 10.8. The van der Waals surface area contributed by atoms with Gasteiger partial charge in [0, 0.05) is 18.6 Å². The predicted octanol–water partition coefficient (Wildman–Crippen LogP) is 4.80. The van der Waals surface area contributed by atoms with Gasteiger partial charge in [0.2, 0.25) is 6.71 Å². The van der Waals surface area contributed by atoms with E-state index in [-0.39, 0.29) is 0 Å². The minimum atomic E-state index is -2.21. The van der Waals surface area contributed by atoms with E-state index >= 15 is 0 Å². The molecule has 0 saturated carbocycles. The Morgan fingerprint density at radius 1 is 0.432 bits per heavy atom. The number of rotatable bonds is 8. The smallest absolute Gasteiger partial charge is 0.241 e. The highest BCUT2D eigenvalue weighted by Gasteiger charge is 2.39. The molecule has 0 radical (unpaired) electrons. The highest BCUT2D eigenvalue weighted by Crippen LogP contribution is 2.11. The summed E-state index contributed by atoms with van der Waals surface area (Å²) in [7, 11) is -2.21. The Bertz CT molecular complexity index is 1610. The van der Waals surface area contributed by atoms with Crippen molar-refractivity contribution in [1.29, 1.82) is 0 Å². The van der Waals surface area contributed by atoms with Crippen molar-refractivity contribution in [3.63, 3.8) is 0 Å². The molecule has 0 aliphatic carbocycles. The van der Waals surface area contributed by atoms with Gasteiger partial charge >= 0.3 is 0 Å². The molecule has 2 nitrogen and oxygen atoms in total. The van der Waals surface area contributed by atoms with E-state index < -0.39 is 8.07 Å². The largest absolute Gasteiger partial charge is 0.339 e. The van der Waals surface area contributed by atoms with Gasteiger partial charge < -0.3 is 4.57 Å². The average molecular weight is 583 g/mol. The summed E-state index contributed by atoms with van der Waals surface area (Å²) in [5, 5.41) is 4.25. The zero-order chi connectivity index (χ0) is 29.9. The first-order valence-electron chi connectivity index (χ1n) is 15.1. The molecule has 4 heteroatoms. The van der Waals surface area contributed by atoms with Crippen molar-refractivity contribution in [1.82, 2.24) is 9.55 Å². The Morgan fingerprint density at radius 2 is 0.750 bits per heavy atom. The van der Waals surface area contributed by atoms with E-state index in [9.17, 15) is 0 Å². The summed E-state index contributed by atoms with van der Waals surface area (Å²) in [4.78, 5) is 4.27. The molecular formula is C40H35BN2Si.